The fourth-order valence-electron chi connectivity index (χ4n) is 1.53. The summed E-state index contributed by atoms with van der Waals surface area (Å²) in [5, 5.41) is 0. The molecule has 0 spiro atoms. The number of ketones is 1. The van der Waals surface area contributed by atoms with Gasteiger partial charge in [0.05, 0.1) is 0 Å². The molecular formula is C9H10O4. The molecule has 2 aliphatic rings. The van der Waals surface area contributed by atoms with Crippen LogP contribution in [0.5, 0.6) is 0 Å². The molecule has 70 valence electrons. The third-order valence-electron chi connectivity index (χ3n) is 2.21. The molecule has 4 heteroatoms. The standard InChI is InChI=1S/C9H10O4/c1-4-3-6(12-5(2)10)8-9(13-8)7(4)11/h3,6,8-9H,1-2H3/t6-,8+,9-/m0/s1. The molecule has 3 atom stereocenters. The topological polar surface area (TPSA) is 55.9 Å². The Labute approximate surface area is 75.5 Å². The number of fused-ring (bicyclic) bond motifs is 1. The number of Topliss-reactive ketones (excluding diaryl/α,β-unsaturated/α-hetero) is 1. The Morgan fingerprint density at radius 2 is 2.31 bits per heavy atom. The smallest absolute Gasteiger partial charge is 0.303 e. The van der Waals surface area contributed by atoms with Gasteiger partial charge in [-0.25, -0.2) is 0 Å². The number of carbonyl (C=O) groups is 2. The van der Waals surface area contributed by atoms with E-state index >= 15 is 0 Å². The predicted molar refractivity (Wildman–Crippen MR) is 43.0 cm³/mol. The minimum atomic E-state index is -0.375. The van der Waals surface area contributed by atoms with Crippen molar-refractivity contribution in [3.05, 3.63) is 11.6 Å². The largest absolute Gasteiger partial charge is 0.455 e. The van der Waals surface area contributed by atoms with E-state index in [0.29, 0.717) is 5.57 Å². The monoisotopic (exact) mass is 182 g/mol. The van der Waals surface area contributed by atoms with E-state index in [-0.39, 0.29) is 30.1 Å². The van der Waals surface area contributed by atoms with Gasteiger partial charge >= 0.3 is 5.97 Å². The van der Waals surface area contributed by atoms with Gasteiger partial charge in [0.15, 0.2) is 11.9 Å². The molecule has 0 N–H and O–H groups in total. The van der Waals surface area contributed by atoms with Gasteiger partial charge in [-0.05, 0) is 18.6 Å². The van der Waals surface area contributed by atoms with Crippen LogP contribution < -0.4 is 0 Å². The van der Waals surface area contributed by atoms with Crippen molar-refractivity contribution in [3.8, 4) is 0 Å². The first-order valence-corrected chi connectivity index (χ1v) is 4.15. The van der Waals surface area contributed by atoms with Crippen LogP contribution in [0.2, 0.25) is 0 Å². The van der Waals surface area contributed by atoms with Crippen molar-refractivity contribution < 1.29 is 19.1 Å². The third-order valence-corrected chi connectivity index (χ3v) is 2.21. The molecule has 1 heterocycles. The molecule has 1 aliphatic heterocycles. The highest BCUT2D eigenvalue weighted by Gasteiger charge is 2.53. The molecular weight excluding hydrogens is 172 g/mol. The van der Waals surface area contributed by atoms with Crippen LogP contribution in [0.4, 0.5) is 0 Å². The van der Waals surface area contributed by atoms with E-state index in [9.17, 15) is 9.59 Å². The van der Waals surface area contributed by atoms with Crippen molar-refractivity contribution in [3.63, 3.8) is 0 Å². The summed E-state index contributed by atoms with van der Waals surface area (Å²) in [7, 11) is 0. The van der Waals surface area contributed by atoms with Gasteiger partial charge in [-0.1, -0.05) is 0 Å². The molecule has 0 aromatic rings. The highest BCUT2D eigenvalue weighted by molar-refractivity contribution is 6.01. The zero-order valence-corrected chi connectivity index (χ0v) is 7.44. The van der Waals surface area contributed by atoms with Crippen LogP contribution in [0, 0.1) is 0 Å². The third kappa shape index (κ3) is 1.37. The molecule has 0 radical (unpaired) electrons. The SMILES string of the molecule is CC(=O)O[C@H]1C=C(C)C(=O)[C@@H]2O[C@H]12. The Morgan fingerprint density at radius 1 is 1.62 bits per heavy atom. The maximum atomic E-state index is 11.3. The van der Waals surface area contributed by atoms with Gasteiger partial charge in [-0.3, -0.25) is 9.59 Å². The second kappa shape index (κ2) is 2.67. The van der Waals surface area contributed by atoms with E-state index in [1.54, 1.807) is 13.0 Å². The normalized spacial score (nSPS) is 36.3. The van der Waals surface area contributed by atoms with E-state index in [1.807, 2.05) is 0 Å². The van der Waals surface area contributed by atoms with E-state index in [0.717, 1.165) is 0 Å². The molecule has 0 bridgehead atoms. The lowest BCUT2D eigenvalue weighted by Gasteiger charge is -2.14. The summed E-state index contributed by atoms with van der Waals surface area (Å²) in [4.78, 5) is 21.9. The van der Waals surface area contributed by atoms with Crippen molar-refractivity contribution in [2.45, 2.75) is 32.2 Å². The van der Waals surface area contributed by atoms with Crippen LogP contribution in [-0.4, -0.2) is 30.1 Å². The number of epoxide rings is 1. The number of carbonyl (C=O) groups excluding carboxylic acids is 2. The highest BCUT2D eigenvalue weighted by atomic mass is 16.6. The summed E-state index contributed by atoms with van der Waals surface area (Å²) >= 11 is 0. The first-order valence-electron chi connectivity index (χ1n) is 4.15. The van der Waals surface area contributed by atoms with Crippen molar-refractivity contribution in [2.75, 3.05) is 0 Å². The molecule has 4 nitrogen and oxygen atoms in total. The maximum Gasteiger partial charge on any atom is 0.303 e. The van der Waals surface area contributed by atoms with Gasteiger partial charge in [-0.15, -0.1) is 0 Å². The van der Waals surface area contributed by atoms with Crippen molar-refractivity contribution in [1.82, 2.24) is 0 Å². The fraction of sp³-hybridized carbons (Fsp3) is 0.556. The van der Waals surface area contributed by atoms with Crippen molar-refractivity contribution >= 4 is 11.8 Å². The summed E-state index contributed by atoms with van der Waals surface area (Å²) in [5.74, 6) is -0.342. The lowest BCUT2D eigenvalue weighted by molar-refractivity contribution is -0.145. The number of hydrogen-bond acceptors (Lipinski definition) is 4. The molecule has 0 aromatic carbocycles. The molecule has 1 aliphatic carbocycles. The van der Waals surface area contributed by atoms with E-state index in [4.69, 9.17) is 9.47 Å². The number of hydrogen-bond donors (Lipinski definition) is 0. The Hall–Kier alpha value is -1.16. The van der Waals surface area contributed by atoms with Gasteiger partial charge in [0.2, 0.25) is 0 Å². The van der Waals surface area contributed by atoms with E-state index in [2.05, 4.69) is 0 Å². The van der Waals surface area contributed by atoms with Crippen LogP contribution >= 0.6 is 0 Å². The summed E-state index contributed by atoms with van der Waals surface area (Å²) < 4.78 is 10.1. The average Bonchev–Trinajstić information content (AvgIpc) is 2.77. The maximum absolute atomic E-state index is 11.3. The Bertz CT molecular complexity index is 305. The van der Waals surface area contributed by atoms with Crippen LogP contribution in [0.1, 0.15) is 13.8 Å². The second-order valence-corrected chi connectivity index (χ2v) is 3.31. The predicted octanol–water partition coefficient (Wildman–Crippen LogP) is 0.214. The number of esters is 1. The van der Waals surface area contributed by atoms with Crippen LogP contribution in [0.15, 0.2) is 11.6 Å². The molecule has 1 saturated heterocycles. The van der Waals surface area contributed by atoms with Crippen molar-refractivity contribution in [1.29, 1.82) is 0 Å². The summed E-state index contributed by atoms with van der Waals surface area (Å²) in [5.41, 5.74) is 0.616. The first-order chi connectivity index (χ1) is 6.09. The average molecular weight is 182 g/mol. The zero-order valence-electron chi connectivity index (χ0n) is 7.44. The molecule has 0 amide bonds. The Kier molecular flexibility index (Phi) is 1.73. The van der Waals surface area contributed by atoms with Crippen molar-refractivity contribution in [2.24, 2.45) is 0 Å². The fourth-order valence-corrected chi connectivity index (χ4v) is 1.53. The Morgan fingerprint density at radius 3 is 2.92 bits per heavy atom. The minimum absolute atomic E-state index is 0.00778. The first kappa shape index (κ1) is 8.44. The van der Waals surface area contributed by atoms with Gasteiger partial charge < -0.3 is 9.47 Å². The summed E-state index contributed by atoms with van der Waals surface area (Å²) in [6.07, 6.45) is 0.674. The molecule has 1 fully saturated rings. The lowest BCUT2D eigenvalue weighted by atomic mass is 9.97. The quantitative estimate of drug-likeness (QED) is 0.430. The molecule has 0 aromatic heterocycles. The number of ether oxygens (including phenoxy) is 2. The summed E-state index contributed by atoms with van der Waals surface area (Å²) in [6, 6.07) is 0. The molecule has 0 saturated carbocycles. The van der Waals surface area contributed by atoms with Crippen LogP contribution in [-0.2, 0) is 19.1 Å². The molecule has 13 heavy (non-hydrogen) atoms. The van der Waals surface area contributed by atoms with Crippen LogP contribution in [0.25, 0.3) is 0 Å². The summed E-state index contributed by atoms with van der Waals surface area (Å²) in [6.45, 7) is 3.05. The van der Waals surface area contributed by atoms with Gasteiger partial charge in [0, 0.05) is 6.92 Å². The van der Waals surface area contributed by atoms with Gasteiger partial charge in [0.25, 0.3) is 0 Å². The Balaban J connectivity index is 2.14. The van der Waals surface area contributed by atoms with Crippen LogP contribution in [0.3, 0.4) is 0 Å². The number of rotatable bonds is 1. The molecule has 2 rings (SSSR count). The molecule has 0 unspecified atom stereocenters. The van der Waals surface area contributed by atoms with E-state index < -0.39 is 0 Å². The van der Waals surface area contributed by atoms with Gasteiger partial charge in [-0.2, -0.15) is 0 Å². The second-order valence-electron chi connectivity index (χ2n) is 3.31. The zero-order chi connectivity index (χ0) is 9.59. The minimum Gasteiger partial charge on any atom is -0.455 e. The van der Waals surface area contributed by atoms with E-state index in [1.165, 1.54) is 6.92 Å². The lowest BCUT2D eigenvalue weighted by Crippen LogP contribution is -2.29. The highest BCUT2D eigenvalue weighted by Crippen LogP contribution is 2.35. The van der Waals surface area contributed by atoms with Gasteiger partial charge in [0.1, 0.15) is 12.2 Å².